The third-order valence-corrected chi connectivity index (χ3v) is 5.72. The van der Waals surface area contributed by atoms with Crippen LogP contribution in [-0.2, 0) is 10.0 Å². The lowest BCUT2D eigenvalue weighted by Crippen LogP contribution is -2.43. The van der Waals surface area contributed by atoms with Crippen LogP contribution >= 0.6 is 0 Å². The van der Waals surface area contributed by atoms with Gasteiger partial charge >= 0.3 is 5.69 Å². The Morgan fingerprint density at radius 1 is 1.40 bits per heavy atom. The Bertz CT molecular complexity index is 693. The van der Waals surface area contributed by atoms with Crippen molar-refractivity contribution < 1.29 is 8.42 Å². The summed E-state index contributed by atoms with van der Waals surface area (Å²) in [6.07, 6.45) is 3.44. The monoisotopic (exact) mass is 302 g/mol. The number of rotatable bonds is 4. The molecule has 0 spiro atoms. The first-order valence-electron chi connectivity index (χ1n) is 6.38. The first-order valence-corrected chi connectivity index (χ1v) is 7.82. The molecule has 0 radical (unpaired) electrons. The molecule has 112 valence electrons. The molecule has 0 aliphatic heterocycles. The first kappa shape index (κ1) is 14.9. The Morgan fingerprint density at radius 3 is 2.70 bits per heavy atom. The van der Waals surface area contributed by atoms with Gasteiger partial charge in [0.1, 0.15) is 0 Å². The zero-order chi connectivity index (χ0) is 14.9. The van der Waals surface area contributed by atoms with E-state index in [-0.39, 0.29) is 12.0 Å². The largest absolute Gasteiger partial charge is 0.330 e. The molecule has 0 aromatic carbocycles. The van der Waals surface area contributed by atoms with E-state index in [9.17, 15) is 18.0 Å². The highest BCUT2D eigenvalue weighted by molar-refractivity contribution is 7.89. The summed E-state index contributed by atoms with van der Waals surface area (Å²) in [5.41, 5.74) is 4.00. The molecule has 4 N–H and O–H groups in total. The maximum absolute atomic E-state index is 12.5. The number of hydrogen-bond acceptors (Lipinski definition) is 5. The molecule has 0 bridgehead atoms. The molecule has 0 amide bonds. The van der Waals surface area contributed by atoms with E-state index in [0.29, 0.717) is 6.54 Å². The normalized spacial score (nSPS) is 23.4. The average Bonchev–Trinajstić information content (AvgIpc) is 2.85. The molecule has 1 saturated carbocycles. The first-order chi connectivity index (χ1) is 9.37. The zero-order valence-corrected chi connectivity index (χ0v) is 11.9. The second kappa shape index (κ2) is 5.51. The average molecular weight is 302 g/mol. The smallest absolute Gasteiger partial charge is 0.325 e. The quantitative estimate of drug-likeness (QED) is 0.644. The van der Waals surface area contributed by atoms with Crippen LogP contribution in [0.3, 0.4) is 0 Å². The Labute approximate surface area is 116 Å². The summed E-state index contributed by atoms with van der Waals surface area (Å²) in [6, 6.07) is -0.212. The molecule has 8 nitrogen and oxygen atoms in total. The number of nitrogens with zero attached hydrogens (tertiary/aromatic N) is 1. The molecule has 1 aliphatic rings. The van der Waals surface area contributed by atoms with E-state index in [1.54, 1.807) is 0 Å². The molecule has 2 unspecified atom stereocenters. The number of H-pyrrole nitrogens is 2. The van der Waals surface area contributed by atoms with Crippen molar-refractivity contribution in [1.29, 1.82) is 0 Å². The number of aromatic nitrogens is 2. The van der Waals surface area contributed by atoms with E-state index in [1.165, 1.54) is 11.4 Å². The molecule has 2 atom stereocenters. The van der Waals surface area contributed by atoms with E-state index < -0.39 is 26.2 Å². The minimum atomic E-state index is -3.95. The number of nitrogens with two attached hydrogens (primary N) is 1. The highest BCUT2D eigenvalue weighted by Gasteiger charge is 2.37. The Kier molecular flexibility index (Phi) is 4.11. The van der Waals surface area contributed by atoms with Gasteiger partial charge in [0.2, 0.25) is 10.0 Å². The van der Waals surface area contributed by atoms with E-state index in [4.69, 9.17) is 5.73 Å². The summed E-state index contributed by atoms with van der Waals surface area (Å²) in [5.74, 6) is 0.0941. The maximum Gasteiger partial charge on any atom is 0.325 e. The summed E-state index contributed by atoms with van der Waals surface area (Å²) in [7, 11) is -2.51. The number of nitrogens with one attached hydrogen (secondary N) is 2. The maximum atomic E-state index is 12.5. The lowest BCUT2D eigenvalue weighted by molar-refractivity contribution is 0.304. The molecule has 1 aromatic heterocycles. The molecule has 9 heteroatoms. The van der Waals surface area contributed by atoms with Crippen molar-refractivity contribution in [1.82, 2.24) is 14.3 Å². The van der Waals surface area contributed by atoms with Crippen LogP contribution in [0.4, 0.5) is 0 Å². The van der Waals surface area contributed by atoms with Gasteiger partial charge < -0.3 is 10.7 Å². The van der Waals surface area contributed by atoms with Crippen LogP contribution in [0, 0.1) is 5.92 Å². The summed E-state index contributed by atoms with van der Waals surface area (Å²) >= 11 is 0. The SMILES string of the molecule is CN(C1CCCC1CN)S(=O)(=O)c1c[nH]c(=O)[nH]c1=O. The molecular formula is C11H18N4O4S. The Morgan fingerprint density at radius 2 is 2.10 bits per heavy atom. The van der Waals surface area contributed by atoms with Gasteiger partial charge in [-0.3, -0.25) is 9.78 Å². The summed E-state index contributed by atoms with van der Waals surface area (Å²) in [6.45, 7) is 0.409. The lowest BCUT2D eigenvalue weighted by Gasteiger charge is -2.27. The van der Waals surface area contributed by atoms with Gasteiger partial charge in [0.15, 0.2) is 4.90 Å². The Balaban J connectivity index is 2.39. The number of aromatic amines is 2. The highest BCUT2D eigenvalue weighted by Crippen LogP contribution is 2.30. The topological polar surface area (TPSA) is 129 Å². The van der Waals surface area contributed by atoms with Gasteiger partial charge in [-0.1, -0.05) is 6.42 Å². The second-order valence-electron chi connectivity index (χ2n) is 4.95. The molecule has 1 aliphatic carbocycles. The van der Waals surface area contributed by atoms with Crippen LogP contribution in [0.5, 0.6) is 0 Å². The van der Waals surface area contributed by atoms with Crippen molar-refractivity contribution in [3.8, 4) is 0 Å². The lowest BCUT2D eigenvalue weighted by atomic mass is 10.0. The van der Waals surface area contributed by atoms with Crippen molar-refractivity contribution in [2.45, 2.75) is 30.2 Å². The van der Waals surface area contributed by atoms with Crippen LogP contribution < -0.4 is 17.0 Å². The minimum Gasteiger partial charge on any atom is -0.330 e. The van der Waals surface area contributed by atoms with Gasteiger partial charge in [0.25, 0.3) is 5.56 Å². The highest BCUT2D eigenvalue weighted by atomic mass is 32.2. The molecular weight excluding hydrogens is 284 g/mol. The Hall–Kier alpha value is -1.45. The van der Waals surface area contributed by atoms with Crippen molar-refractivity contribution in [3.63, 3.8) is 0 Å². The fourth-order valence-electron chi connectivity index (χ4n) is 2.69. The molecule has 1 fully saturated rings. The summed E-state index contributed by atoms with van der Waals surface area (Å²) in [5, 5.41) is 0. The molecule has 1 aromatic rings. The van der Waals surface area contributed by atoms with E-state index in [2.05, 4.69) is 4.98 Å². The van der Waals surface area contributed by atoms with Gasteiger partial charge in [-0.2, -0.15) is 4.31 Å². The molecule has 2 rings (SSSR count). The fourth-order valence-corrected chi connectivity index (χ4v) is 4.13. The third kappa shape index (κ3) is 2.56. The van der Waals surface area contributed by atoms with E-state index >= 15 is 0 Å². The number of sulfonamides is 1. The summed E-state index contributed by atoms with van der Waals surface area (Å²) < 4.78 is 26.1. The van der Waals surface area contributed by atoms with Crippen LogP contribution in [-0.4, -0.2) is 42.3 Å². The molecule has 20 heavy (non-hydrogen) atoms. The van der Waals surface area contributed by atoms with E-state index in [0.717, 1.165) is 25.5 Å². The van der Waals surface area contributed by atoms with Gasteiger partial charge in [0.05, 0.1) is 0 Å². The predicted molar refractivity (Wildman–Crippen MR) is 72.8 cm³/mol. The van der Waals surface area contributed by atoms with Gasteiger partial charge in [-0.05, 0) is 25.3 Å². The van der Waals surface area contributed by atoms with Gasteiger partial charge in [-0.15, -0.1) is 0 Å². The second-order valence-corrected chi connectivity index (χ2v) is 6.92. The minimum absolute atomic E-state index is 0.0941. The van der Waals surface area contributed by atoms with Crippen LogP contribution in [0.15, 0.2) is 20.7 Å². The van der Waals surface area contributed by atoms with Crippen LogP contribution in [0.25, 0.3) is 0 Å². The standard InChI is InChI=1S/C11H18N4O4S/c1-15(8-4-2-3-7(8)5-12)20(18,19)9-6-13-11(17)14-10(9)16/h6-8H,2-5,12H2,1H3,(H2,13,14,16,17). The van der Waals surface area contributed by atoms with Gasteiger partial charge in [0, 0.05) is 19.3 Å². The fraction of sp³-hybridized carbons (Fsp3) is 0.636. The van der Waals surface area contributed by atoms with E-state index in [1.807, 2.05) is 4.98 Å². The van der Waals surface area contributed by atoms with Crippen molar-refractivity contribution in [2.24, 2.45) is 11.7 Å². The van der Waals surface area contributed by atoms with Crippen molar-refractivity contribution in [2.75, 3.05) is 13.6 Å². The van der Waals surface area contributed by atoms with Gasteiger partial charge in [-0.25, -0.2) is 13.2 Å². The molecule has 1 heterocycles. The zero-order valence-electron chi connectivity index (χ0n) is 11.1. The van der Waals surface area contributed by atoms with Crippen molar-refractivity contribution >= 4 is 10.0 Å². The predicted octanol–water partition coefficient (Wildman–Crippen LogP) is -1.19. The number of hydrogen-bond donors (Lipinski definition) is 3. The van der Waals surface area contributed by atoms with Crippen LogP contribution in [0.2, 0.25) is 0 Å². The third-order valence-electron chi connectivity index (χ3n) is 3.83. The summed E-state index contributed by atoms with van der Waals surface area (Å²) in [4.78, 5) is 26.2. The molecule has 0 saturated heterocycles. The van der Waals surface area contributed by atoms with Crippen molar-refractivity contribution in [3.05, 3.63) is 27.0 Å². The van der Waals surface area contributed by atoms with Crippen LogP contribution in [0.1, 0.15) is 19.3 Å².